The van der Waals surface area contributed by atoms with Gasteiger partial charge in [0, 0.05) is 11.8 Å². The smallest absolute Gasteiger partial charge is 0.182 e. The van der Waals surface area contributed by atoms with Crippen molar-refractivity contribution in [1.29, 1.82) is 0 Å². The second kappa shape index (κ2) is 6.06. The Labute approximate surface area is 142 Å². The normalized spacial score (nSPS) is 23.4. The van der Waals surface area contributed by atoms with Crippen LogP contribution in [0.15, 0.2) is 59.5 Å². The van der Waals surface area contributed by atoms with Gasteiger partial charge in [0.05, 0.1) is 15.1 Å². The maximum atomic E-state index is 12.9. The standard InChI is InChI=1S/C18H19NO2S2/c1-2-12-8-10-13(11-9-12)15-16(18(19)22)17(15)23(20,21)14-6-4-3-5-7-14/h3-11,15-17H,2H2,1H3,(H2,19,22). The molecule has 1 aliphatic carbocycles. The molecule has 0 amide bonds. The van der Waals surface area contributed by atoms with Crippen LogP contribution >= 0.6 is 12.2 Å². The number of hydrogen-bond donors (Lipinski definition) is 1. The zero-order valence-electron chi connectivity index (χ0n) is 12.8. The fraction of sp³-hybridized carbons (Fsp3) is 0.278. The van der Waals surface area contributed by atoms with Crippen molar-refractivity contribution in [3.63, 3.8) is 0 Å². The summed E-state index contributed by atoms with van der Waals surface area (Å²) in [5.74, 6) is -0.439. The molecule has 0 spiro atoms. The van der Waals surface area contributed by atoms with Crippen LogP contribution in [-0.2, 0) is 16.3 Å². The van der Waals surface area contributed by atoms with Crippen LogP contribution in [0.1, 0.15) is 24.0 Å². The molecule has 0 aromatic heterocycles. The average Bonchev–Trinajstić information content (AvgIpc) is 3.32. The van der Waals surface area contributed by atoms with E-state index in [9.17, 15) is 8.42 Å². The Morgan fingerprint density at radius 3 is 2.22 bits per heavy atom. The van der Waals surface area contributed by atoms with E-state index < -0.39 is 15.1 Å². The van der Waals surface area contributed by atoms with E-state index >= 15 is 0 Å². The lowest BCUT2D eigenvalue weighted by atomic mass is 10.1. The summed E-state index contributed by atoms with van der Waals surface area (Å²) in [4.78, 5) is 0.609. The molecule has 2 N–H and O–H groups in total. The third-order valence-corrected chi connectivity index (χ3v) is 6.99. The molecule has 0 aliphatic heterocycles. The van der Waals surface area contributed by atoms with Gasteiger partial charge in [-0.05, 0) is 29.7 Å². The van der Waals surface area contributed by atoms with Crippen molar-refractivity contribution in [2.75, 3.05) is 0 Å². The first-order valence-corrected chi connectivity index (χ1v) is 9.59. The predicted molar refractivity (Wildman–Crippen MR) is 96.3 cm³/mol. The first kappa shape index (κ1) is 16.1. The van der Waals surface area contributed by atoms with Crippen molar-refractivity contribution >= 4 is 27.0 Å². The maximum absolute atomic E-state index is 12.9. The lowest BCUT2D eigenvalue weighted by Crippen LogP contribution is -2.17. The number of hydrogen-bond acceptors (Lipinski definition) is 3. The fourth-order valence-electron chi connectivity index (χ4n) is 3.15. The fourth-order valence-corrected chi connectivity index (χ4v) is 5.70. The number of aryl methyl sites for hydroxylation is 1. The Bertz CT molecular complexity index is 814. The molecule has 0 radical (unpaired) electrons. The summed E-state index contributed by atoms with van der Waals surface area (Å²) in [6.07, 6.45) is 0.954. The molecular formula is C18H19NO2S2. The summed E-state index contributed by atoms with van der Waals surface area (Å²) >= 11 is 5.12. The van der Waals surface area contributed by atoms with Crippen LogP contribution in [0, 0.1) is 5.92 Å². The van der Waals surface area contributed by atoms with Gasteiger partial charge < -0.3 is 5.73 Å². The van der Waals surface area contributed by atoms with Crippen LogP contribution < -0.4 is 5.73 Å². The Hall–Kier alpha value is -1.72. The molecule has 5 heteroatoms. The largest absolute Gasteiger partial charge is 0.393 e. The third kappa shape index (κ3) is 2.91. The Morgan fingerprint density at radius 2 is 1.70 bits per heavy atom. The van der Waals surface area contributed by atoms with Gasteiger partial charge in [0.15, 0.2) is 9.84 Å². The minimum Gasteiger partial charge on any atom is -0.393 e. The van der Waals surface area contributed by atoms with Crippen LogP contribution in [0.25, 0.3) is 0 Å². The SMILES string of the molecule is CCc1ccc(C2C(C(N)=S)C2S(=O)(=O)c2ccccc2)cc1. The molecule has 0 saturated heterocycles. The molecule has 1 aliphatic rings. The second-order valence-corrected chi connectivity index (χ2v) is 8.45. The van der Waals surface area contributed by atoms with Gasteiger partial charge in [0.25, 0.3) is 0 Å². The summed E-state index contributed by atoms with van der Waals surface area (Å²) < 4.78 is 25.8. The van der Waals surface area contributed by atoms with Gasteiger partial charge >= 0.3 is 0 Å². The lowest BCUT2D eigenvalue weighted by molar-refractivity contribution is 0.593. The molecule has 0 bridgehead atoms. The van der Waals surface area contributed by atoms with Crippen LogP contribution in [0.4, 0.5) is 0 Å². The Kier molecular flexibility index (Phi) is 4.25. The van der Waals surface area contributed by atoms with Crippen molar-refractivity contribution in [2.45, 2.75) is 29.4 Å². The molecule has 3 rings (SSSR count). The van der Waals surface area contributed by atoms with E-state index in [0.717, 1.165) is 12.0 Å². The average molecular weight is 345 g/mol. The first-order chi connectivity index (χ1) is 11.0. The Balaban J connectivity index is 1.96. The first-order valence-electron chi connectivity index (χ1n) is 7.64. The van der Waals surface area contributed by atoms with E-state index in [1.807, 2.05) is 24.3 Å². The molecule has 2 aromatic rings. The van der Waals surface area contributed by atoms with Gasteiger partial charge in [-0.15, -0.1) is 0 Å². The summed E-state index contributed by atoms with van der Waals surface area (Å²) in [5.41, 5.74) is 8.03. The van der Waals surface area contributed by atoms with E-state index in [2.05, 4.69) is 6.92 Å². The number of rotatable bonds is 5. The highest BCUT2D eigenvalue weighted by Gasteiger charge is 2.60. The molecular weight excluding hydrogens is 326 g/mol. The van der Waals surface area contributed by atoms with Crippen LogP contribution in [0.3, 0.4) is 0 Å². The predicted octanol–water partition coefficient (Wildman–Crippen LogP) is 3.09. The molecule has 0 heterocycles. The molecule has 3 nitrogen and oxygen atoms in total. The van der Waals surface area contributed by atoms with Gasteiger partial charge in [0.1, 0.15) is 0 Å². The number of sulfone groups is 1. The van der Waals surface area contributed by atoms with Gasteiger partial charge in [-0.25, -0.2) is 8.42 Å². The number of nitrogens with two attached hydrogens (primary N) is 1. The molecule has 2 aromatic carbocycles. The molecule has 1 fully saturated rings. The van der Waals surface area contributed by atoms with E-state index in [1.54, 1.807) is 30.3 Å². The topological polar surface area (TPSA) is 60.2 Å². The molecule has 3 unspecified atom stereocenters. The van der Waals surface area contributed by atoms with Crippen molar-refractivity contribution in [3.05, 3.63) is 65.7 Å². The van der Waals surface area contributed by atoms with E-state index in [0.29, 0.717) is 4.90 Å². The summed E-state index contributed by atoms with van der Waals surface area (Å²) in [6.45, 7) is 2.09. The lowest BCUT2D eigenvalue weighted by Gasteiger charge is -2.04. The molecule has 3 atom stereocenters. The van der Waals surface area contributed by atoms with Gasteiger partial charge in [-0.2, -0.15) is 0 Å². The van der Waals surface area contributed by atoms with E-state index in [4.69, 9.17) is 18.0 Å². The summed E-state index contributed by atoms with van der Waals surface area (Å²) in [6, 6.07) is 16.6. The molecule has 120 valence electrons. The monoisotopic (exact) mass is 345 g/mol. The Morgan fingerprint density at radius 1 is 1.09 bits per heavy atom. The zero-order valence-corrected chi connectivity index (χ0v) is 14.5. The number of thiocarbonyl (C=S) groups is 1. The van der Waals surface area contributed by atoms with Crippen molar-refractivity contribution in [3.8, 4) is 0 Å². The maximum Gasteiger partial charge on any atom is 0.182 e. The van der Waals surface area contributed by atoms with Gasteiger partial charge in [0.2, 0.25) is 0 Å². The van der Waals surface area contributed by atoms with E-state index in [-0.39, 0.29) is 16.8 Å². The van der Waals surface area contributed by atoms with Crippen LogP contribution in [0.5, 0.6) is 0 Å². The molecule has 1 saturated carbocycles. The number of benzene rings is 2. The summed E-state index contributed by atoms with van der Waals surface area (Å²) in [7, 11) is -3.44. The highest BCUT2D eigenvalue weighted by molar-refractivity contribution is 7.92. The molecule has 23 heavy (non-hydrogen) atoms. The quantitative estimate of drug-likeness (QED) is 0.846. The van der Waals surface area contributed by atoms with Crippen LogP contribution in [0.2, 0.25) is 0 Å². The minimum atomic E-state index is -3.44. The van der Waals surface area contributed by atoms with Crippen molar-refractivity contribution < 1.29 is 8.42 Å². The van der Waals surface area contributed by atoms with Gasteiger partial charge in [-0.3, -0.25) is 0 Å². The zero-order chi connectivity index (χ0) is 16.6. The van der Waals surface area contributed by atoms with Crippen molar-refractivity contribution in [1.82, 2.24) is 0 Å². The second-order valence-electron chi connectivity index (χ2n) is 5.87. The van der Waals surface area contributed by atoms with Gasteiger partial charge in [-0.1, -0.05) is 61.6 Å². The van der Waals surface area contributed by atoms with Crippen LogP contribution in [-0.4, -0.2) is 18.7 Å². The highest BCUT2D eigenvalue weighted by atomic mass is 32.2. The summed E-state index contributed by atoms with van der Waals surface area (Å²) in [5, 5.41) is -0.560. The highest BCUT2D eigenvalue weighted by Crippen LogP contribution is 2.54. The third-order valence-electron chi connectivity index (χ3n) is 4.49. The van der Waals surface area contributed by atoms with Crippen molar-refractivity contribution in [2.24, 2.45) is 11.7 Å². The minimum absolute atomic E-state index is 0.149. The van der Waals surface area contributed by atoms with E-state index in [1.165, 1.54) is 5.56 Å².